The Morgan fingerprint density at radius 3 is 1.67 bits per heavy atom. The van der Waals surface area contributed by atoms with Gasteiger partial charge in [0, 0.05) is 43.9 Å². The second-order valence-electron chi connectivity index (χ2n) is 14.4. The Labute approximate surface area is 300 Å². The zero-order valence-corrected chi connectivity index (χ0v) is 28.5. The minimum Gasteiger partial charge on any atom is -0.313 e. The van der Waals surface area contributed by atoms with Gasteiger partial charge in [-0.2, -0.15) is 0 Å². The van der Waals surface area contributed by atoms with E-state index in [1.807, 2.05) is 0 Å². The maximum absolute atomic E-state index is 2.58. The lowest BCUT2D eigenvalue weighted by molar-refractivity contribution is 0.889. The van der Waals surface area contributed by atoms with Crippen molar-refractivity contribution in [2.45, 2.75) is 12.8 Å². The summed E-state index contributed by atoms with van der Waals surface area (Å²) in [5.41, 5.74) is 14.1. The van der Waals surface area contributed by atoms with Gasteiger partial charge in [-0.3, -0.25) is 0 Å². The average Bonchev–Trinajstić information content (AvgIpc) is 3.83. The second kappa shape index (κ2) is 10.4. The number of para-hydroxylation sites is 1. The first kappa shape index (κ1) is 28.1. The molecule has 0 aliphatic heterocycles. The molecule has 12 rings (SSSR count). The molecule has 0 amide bonds. The summed E-state index contributed by atoms with van der Waals surface area (Å²) in [5, 5.41) is 11.7. The fraction of sp³-hybridized carbons (Fsp3) is 0.0400. The molecule has 0 saturated carbocycles. The first-order valence-corrected chi connectivity index (χ1v) is 18.3. The van der Waals surface area contributed by atoms with Gasteiger partial charge in [-0.15, -0.1) is 0 Å². The number of nitrogens with zero attached hydrogens (tertiary/aromatic N) is 2. The number of hydrogen-bond acceptors (Lipinski definition) is 0. The molecule has 3 aromatic heterocycles. The van der Waals surface area contributed by atoms with Gasteiger partial charge in [0.2, 0.25) is 0 Å². The van der Waals surface area contributed by atoms with E-state index in [1.165, 1.54) is 110 Å². The van der Waals surface area contributed by atoms with Crippen molar-refractivity contribution in [1.82, 2.24) is 8.97 Å². The number of hydrogen-bond donors (Lipinski definition) is 0. The van der Waals surface area contributed by atoms with E-state index in [2.05, 4.69) is 179 Å². The van der Waals surface area contributed by atoms with Gasteiger partial charge in [0.1, 0.15) is 0 Å². The third-order valence-electron chi connectivity index (χ3n) is 11.6. The molecule has 242 valence electrons. The quantitative estimate of drug-likeness (QED) is 0.178. The molecule has 0 bridgehead atoms. The van der Waals surface area contributed by atoms with Crippen LogP contribution in [0.15, 0.2) is 164 Å². The van der Waals surface area contributed by atoms with E-state index in [-0.39, 0.29) is 0 Å². The van der Waals surface area contributed by atoms with Crippen molar-refractivity contribution in [2.24, 2.45) is 0 Å². The standard InChI is InChI=1S/C50H32N2/c1-4-12-31(13-5-1)33-20-22-35-26-41-42-30-47-48(40-18-10-11-19-44(40)51(47)39-16-8-3-9-17-39)49-43-27-36-23-21-34(32-14-6-2-7-15-32)25-38(36)29-46(43)52(50(42)49)45(41)28-37(35)24-33/h1-10,12-18,20-30H,11,19H2. The Balaban J connectivity index is 1.26. The van der Waals surface area contributed by atoms with Crippen LogP contribution >= 0.6 is 0 Å². The lowest BCUT2D eigenvalue weighted by Crippen LogP contribution is -2.02. The zero-order chi connectivity index (χ0) is 33.9. The highest BCUT2D eigenvalue weighted by molar-refractivity contribution is 6.34. The SMILES string of the molecule is C1=Cc2c(n(-c3ccccc3)c3cc4c5cc6ccc(-c7ccccc7)cc6cc5n5c6cc7cc(-c8ccccc8)ccc7cc6c(c23)c45)CC1. The summed E-state index contributed by atoms with van der Waals surface area (Å²) >= 11 is 0. The van der Waals surface area contributed by atoms with Crippen molar-refractivity contribution in [3.8, 4) is 27.9 Å². The van der Waals surface area contributed by atoms with Gasteiger partial charge in [-0.1, -0.05) is 115 Å². The van der Waals surface area contributed by atoms with Gasteiger partial charge in [0.05, 0.1) is 22.1 Å². The first-order chi connectivity index (χ1) is 25.8. The lowest BCUT2D eigenvalue weighted by Gasteiger charge is -2.13. The van der Waals surface area contributed by atoms with Crippen LogP contribution in [0.2, 0.25) is 0 Å². The molecule has 0 spiro atoms. The molecule has 11 aromatic rings. The van der Waals surface area contributed by atoms with E-state index in [4.69, 9.17) is 0 Å². The van der Waals surface area contributed by atoms with Crippen LogP contribution in [0.3, 0.4) is 0 Å². The molecule has 1 aliphatic carbocycles. The van der Waals surface area contributed by atoms with Crippen LogP contribution in [0.4, 0.5) is 0 Å². The fourth-order valence-corrected chi connectivity index (χ4v) is 9.28. The number of fused-ring (bicyclic) bond motifs is 12. The van der Waals surface area contributed by atoms with E-state index in [0.717, 1.165) is 12.8 Å². The molecule has 3 heterocycles. The van der Waals surface area contributed by atoms with Crippen molar-refractivity contribution in [1.29, 1.82) is 0 Å². The Morgan fingerprint density at radius 1 is 0.423 bits per heavy atom. The maximum Gasteiger partial charge on any atom is 0.0628 e. The van der Waals surface area contributed by atoms with Crippen LogP contribution in [-0.4, -0.2) is 8.97 Å². The van der Waals surface area contributed by atoms with E-state index in [9.17, 15) is 0 Å². The molecule has 0 fully saturated rings. The van der Waals surface area contributed by atoms with E-state index >= 15 is 0 Å². The Bertz CT molecular complexity index is 3250. The second-order valence-corrected chi connectivity index (χ2v) is 14.4. The van der Waals surface area contributed by atoms with Crippen molar-refractivity contribution < 1.29 is 0 Å². The molecule has 2 heteroatoms. The van der Waals surface area contributed by atoms with Crippen molar-refractivity contribution >= 4 is 76.6 Å². The normalized spacial score (nSPS) is 13.2. The highest BCUT2D eigenvalue weighted by atomic mass is 15.0. The van der Waals surface area contributed by atoms with Gasteiger partial charge in [-0.25, -0.2) is 0 Å². The minimum absolute atomic E-state index is 1.03. The molecular weight excluding hydrogens is 629 g/mol. The van der Waals surface area contributed by atoms with Gasteiger partial charge in [-0.05, 0) is 111 Å². The van der Waals surface area contributed by atoms with Crippen LogP contribution in [0, 0.1) is 0 Å². The van der Waals surface area contributed by atoms with E-state index in [0.29, 0.717) is 0 Å². The summed E-state index contributed by atoms with van der Waals surface area (Å²) in [6.45, 7) is 0. The Morgan fingerprint density at radius 2 is 1.02 bits per heavy atom. The van der Waals surface area contributed by atoms with Gasteiger partial charge >= 0.3 is 0 Å². The van der Waals surface area contributed by atoms with Gasteiger partial charge in [0.15, 0.2) is 0 Å². The minimum atomic E-state index is 1.03. The fourth-order valence-electron chi connectivity index (χ4n) is 9.28. The summed E-state index contributed by atoms with van der Waals surface area (Å²) in [7, 11) is 0. The van der Waals surface area contributed by atoms with Crippen LogP contribution in [-0.2, 0) is 6.42 Å². The number of rotatable bonds is 3. The molecule has 2 nitrogen and oxygen atoms in total. The summed E-state index contributed by atoms with van der Waals surface area (Å²) in [4.78, 5) is 0. The van der Waals surface area contributed by atoms with Crippen molar-refractivity contribution in [2.75, 3.05) is 0 Å². The molecule has 0 atom stereocenters. The molecule has 0 radical (unpaired) electrons. The number of aromatic nitrogens is 2. The molecule has 1 aliphatic rings. The topological polar surface area (TPSA) is 9.34 Å². The molecule has 0 saturated heterocycles. The van der Waals surface area contributed by atoms with Crippen LogP contribution in [0.25, 0.3) is 105 Å². The van der Waals surface area contributed by atoms with Gasteiger partial charge < -0.3 is 8.97 Å². The zero-order valence-electron chi connectivity index (χ0n) is 28.5. The highest BCUT2D eigenvalue weighted by Crippen LogP contribution is 2.48. The predicted octanol–water partition coefficient (Wildman–Crippen LogP) is 13.4. The largest absolute Gasteiger partial charge is 0.313 e. The van der Waals surface area contributed by atoms with Crippen molar-refractivity contribution in [3.05, 3.63) is 175 Å². The van der Waals surface area contributed by atoms with Crippen LogP contribution < -0.4 is 0 Å². The summed E-state index contributed by atoms with van der Waals surface area (Å²) < 4.78 is 5.13. The third-order valence-corrected chi connectivity index (χ3v) is 11.6. The van der Waals surface area contributed by atoms with Crippen molar-refractivity contribution in [3.63, 3.8) is 0 Å². The number of benzene rings is 8. The molecule has 52 heavy (non-hydrogen) atoms. The molecule has 0 unspecified atom stereocenters. The molecular formula is C50H32N2. The van der Waals surface area contributed by atoms with Crippen LogP contribution in [0.5, 0.6) is 0 Å². The summed E-state index contributed by atoms with van der Waals surface area (Å²) in [6, 6.07) is 58.6. The maximum atomic E-state index is 2.58. The Kier molecular flexibility index (Phi) is 5.64. The Hall–Kier alpha value is -6.64. The first-order valence-electron chi connectivity index (χ1n) is 18.3. The lowest BCUT2D eigenvalue weighted by atomic mass is 9.95. The van der Waals surface area contributed by atoms with E-state index in [1.54, 1.807) is 0 Å². The molecule has 0 N–H and O–H groups in total. The van der Waals surface area contributed by atoms with E-state index < -0.39 is 0 Å². The average molecular weight is 661 g/mol. The molecule has 8 aromatic carbocycles. The summed E-state index contributed by atoms with van der Waals surface area (Å²) in [5.74, 6) is 0. The van der Waals surface area contributed by atoms with Crippen LogP contribution in [0.1, 0.15) is 17.7 Å². The monoisotopic (exact) mass is 660 g/mol. The predicted molar refractivity (Wildman–Crippen MR) is 221 cm³/mol. The smallest absolute Gasteiger partial charge is 0.0628 e. The highest BCUT2D eigenvalue weighted by Gasteiger charge is 2.27. The summed E-state index contributed by atoms with van der Waals surface area (Å²) in [6.07, 6.45) is 6.84. The number of allylic oxidation sites excluding steroid dienone is 1. The van der Waals surface area contributed by atoms with Gasteiger partial charge in [0.25, 0.3) is 0 Å². The third kappa shape index (κ3) is 3.84.